The molecule has 0 saturated heterocycles. The lowest BCUT2D eigenvalue weighted by Gasteiger charge is -2.32. The Morgan fingerprint density at radius 2 is 1.67 bits per heavy atom. The molecule has 0 bridgehead atoms. The molecule has 0 spiro atoms. The maximum Gasteiger partial charge on any atom is 0.155 e. The van der Waals surface area contributed by atoms with Gasteiger partial charge in [0.2, 0.25) is 0 Å². The predicted octanol–water partition coefficient (Wildman–Crippen LogP) is 3.12. The van der Waals surface area contributed by atoms with E-state index in [2.05, 4.69) is 45.9 Å². The molecule has 0 N–H and O–H groups in total. The fraction of sp³-hybridized carbons (Fsp3) is 0.750. The maximum absolute atomic E-state index is 11.5. The van der Waals surface area contributed by atoms with Gasteiger partial charge >= 0.3 is 0 Å². The van der Waals surface area contributed by atoms with Gasteiger partial charge in [0.1, 0.15) is 0 Å². The Labute approximate surface area is 96.2 Å². The predicted molar refractivity (Wildman–Crippen MR) is 67.4 cm³/mol. The van der Waals surface area contributed by atoms with Crippen LogP contribution >= 0.6 is 0 Å². The van der Waals surface area contributed by atoms with E-state index in [1.807, 2.05) is 0 Å². The van der Waals surface area contributed by atoms with Crippen LogP contribution in [0.2, 0.25) is 0 Å². The number of hydrogen-bond acceptors (Lipinski definition) is 2. The van der Waals surface area contributed by atoms with Crippen LogP contribution in [0.15, 0.2) is 15.5 Å². The van der Waals surface area contributed by atoms with Gasteiger partial charge in [-0.3, -0.25) is 0 Å². The fourth-order valence-corrected chi connectivity index (χ4v) is 2.83. The van der Waals surface area contributed by atoms with Crippen molar-refractivity contribution in [3.8, 4) is 0 Å². The summed E-state index contributed by atoms with van der Waals surface area (Å²) in [4.78, 5) is 0. The van der Waals surface area contributed by atoms with E-state index in [0.717, 1.165) is 0 Å². The zero-order valence-corrected chi connectivity index (χ0v) is 11.4. The molecule has 1 aliphatic rings. The van der Waals surface area contributed by atoms with Gasteiger partial charge in [0.15, 0.2) is 5.75 Å². The highest BCUT2D eigenvalue weighted by Gasteiger charge is 2.33. The molecule has 0 amide bonds. The second kappa shape index (κ2) is 3.95. The summed E-state index contributed by atoms with van der Waals surface area (Å²) in [6.45, 7) is 13.0. The summed E-state index contributed by atoms with van der Waals surface area (Å²) in [5.74, 6) is 0.590. The molecule has 0 aromatic heterocycles. The highest BCUT2D eigenvalue weighted by molar-refractivity contribution is 7.90. The van der Waals surface area contributed by atoms with E-state index in [1.54, 1.807) is 6.21 Å². The first-order valence-corrected chi connectivity index (χ1v) is 6.56. The van der Waals surface area contributed by atoms with Crippen LogP contribution in [0, 0.1) is 10.8 Å². The molecule has 1 heterocycles. The van der Waals surface area contributed by atoms with Crippen molar-refractivity contribution >= 4 is 17.6 Å². The third-order valence-corrected chi connectivity index (χ3v) is 3.48. The number of nitrogens with zero attached hydrogens (tertiary/aromatic N) is 1. The average molecular weight is 227 g/mol. The lowest BCUT2D eigenvalue weighted by molar-refractivity contribution is 0.457. The third kappa shape index (κ3) is 3.08. The van der Waals surface area contributed by atoms with Crippen LogP contribution in [0.1, 0.15) is 41.5 Å². The van der Waals surface area contributed by atoms with Gasteiger partial charge in [-0.25, -0.2) is 0 Å². The largest absolute Gasteiger partial charge is 0.591 e. The van der Waals surface area contributed by atoms with Crippen molar-refractivity contribution in [1.29, 1.82) is 0 Å². The molecule has 0 aliphatic carbocycles. The Kier molecular flexibility index (Phi) is 3.36. The molecule has 86 valence electrons. The van der Waals surface area contributed by atoms with E-state index < -0.39 is 11.4 Å². The lowest BCUT2D eigenvalue weighted by Crippen LogP contribution is -2.28. The summed E-state index contributed by atoms with van der Waals surface area (Å²) in [6, 6.07) is 0. The van der Waals surface area contributed by atoms with Gasteiger partial charge in [-0.05, 0) is 22.0 Å². The summed E-state index contributed by atoms with van der Waals surface area (Å²) in [5, 5.41) is 0. The number of rotatable bonds is 0. The lowest BCUT2D eigenvalue weighted by atomic mass is 9.76. The van der Waals surface area contributed by atoms with Gasteiger partial charge < -0.3 is 4.55 Å². The summed E-state index contributed by atoms with van der Waals surface area (Å²) in [5.41, 5.74) is 2.68. The molecule has 0 saturated carbocycles. The quantitative estimate of drug-likeness (QED) is 0.586. The Bertz CT molecular complexity index is 305. The standard InChI is InChI=1S/C12H21NOS/c1-11(2,3)9-7-13-15(14)8-10(9)12(4,5)6/h7H,8H2,1-6H3. The molecule has 1 atom stereocenters. The van der Waals surface area contributed by atoms with Gasteiger partial charge in [0, 0.05) is 0 Å². The van der Waals surface area contributed by atoms with Crippen molar-refractivity contribution < 1.29 is 4.55 Å². The minimum Gasteiger partial charge on any atom is -0.591 e. The van der Waals surface area contributed by atoms with Crippen LogP contribution < -0.4 is 0 Å². The van der Waals surface area contributed by atoms with Crippen LogP contribution in [0.5, 0.6) is 0 Å². The normalized spacial score (nSPS) is 23.5. The van der Waals surface area contributed by atoms with E-state index >= 15 is 0 Å². The van der Waals surface area contributed by atoms with Gasteiger partial charge in [0.25, 0.3) is 0 Å². The molecule has 15 heavy (non-hydrogen) atoms. The van der Waals surface area contributed by atoms with Crippen molar-refractivity contribution in [3.05, 3.63) is 11.1 Å². The first kappa shape index (κ1) is 12.8. The number of allylic oxidation sites excluding steroid dienone is 1. The van der Waals surface area contributed by atoms with Crippen LogP contribution in [0.3, 0.4) is 0 Å². The van der Waals surface area contributed by atoms with Crippen LogP contribution in [-0.2, 0) is 11.4 Å². The molecule has 1 aliphatic heterocycles. The van der Waals surface area contributed by atoms with Gasteiger partial charge in [-0.15, -0.1) is 0 Å². The molecule has 3 heteroatoms. The molecular formula is C12H21NOS. The van der Waals surface area contributed by atoms with E-state index in [-0.39, 0.29) is 10.8 Å². The van der Waals surface area contributed by atoms with E-state index in [9.17, 15) is 4.55 Å². The van der Waals surface area contributed by atoms with Crippen molar-refractivity contribution in [1.82, 2.24) is 0 Å². The molecule has 1 rings (SSSR count). The molecule has 2 nitrogen and oxygen atoms in total. The van der Waals surface area contributed by atoms with E-state index in [1.165, 1.54) is 11.1 Å². The van der Waals surface area contributed by atoms with Crippen molar-refractivity contribution in [3.63, 3.8) is 0 Å². The van der Waals surface area contributed by atoms with E-state index in [4.69, 9.17) is 0 Å². The minimum absolute atomic E-state index is 0.0741. The van der Waals surface area contributed by atoms with Gasteiger partial charge in [-0.2, -0.15) is 0 Å². The first-order chi connectivity index (χ1) is 6.62. The fourth-order valence-electron chi connectivity index (χ4n) is 1.69. The second-order valence-corrected chi connectivity index (χ2v) is 7.24. The summed E-state index contributed by atoms with van der Waals surface area (Å²) in [6.07, 6.45) is 1.81. The Morgan fingerprint density at radius 3 is 2.07 bits per heavy atom. The Morgan fingerprint density at radius 1 is 1.13 bits per heavy atom. The van der Waals surface area contributed by atoms with Crippen molar-refractivity contribution in [2.45, 2.75) is 41.5 Å². The monoisotopic (exact) mass is 227 g/mol. The smallest absolute Gasteiger partial charge is 0.155 e. The topological polar surface area (TPSA) is 35.4 Å². The SMILES string of the molecule is CC(C)(C)C1=C(C(C)(C)C)C[S+]([O-])N=C1. The summed E-state index contributed by atoms with van der Waals surface area (Å²) >= 11 is -1.06. The molecule has 0 aromatic carbocycles. The highest BCUT2D eigenvalue weighted by Crippen LogP contribution is 2.38. The highest BCUT2D eigenvalue weighted by atomic mass is 32.2. The third-order valence-electron chi connectivity index (χ3n) is 2.61. The second-order valence-electron chi connectivity index (χ2n) is 6.09. The van der Waals surface area contributed by atoms with Gasteiger partial charge in [-0.1, -0.05) is 45.9 Å². The Balaban J connectivity index is 3.21. The van der Waals surface area contributed by atoms with Crippen LogP contribution in [-0.4, -0.2) is 16.5 Å². The molecule has 0 radical (unpaired) electrons. The summed E-state index contributed by atoms with van der Waals surface area (Å²) < 4.78 is 15.5. The first-order valence-electron chi connectivity index (χ1n) is 5.29. The average Bonchev–Trinajstić information content (AvgIpc) is 2.00. The molecule has 0 aromatic rings. The summed E-state index contributed by atoms with van der Waals surface area (Å²) in [7, 11) is 0. The van der Waals surface area contributed by atoms with Crippen LogP contribution in [0.4, 0.5) is 0 Å². The van der Waals surface area contributed by atoms with Gasteiger partial charge in [0.05, 0.1) is 17.6 Å². The molecular weight excluding hydrogens is 206 g/mol. The number of hydrogen-bond donors (Lipinski definition) is 0. The maximum atomic E-state index is 11.5. The Hall–Kier alpha value is -0.280. The zero-order valence-electron chi connectivity index (χ0n) is 10.5. The van der Waals surface area contributed by atoms with Crippen LogP contribution in [0.25, 0.3) is 0 Å². The van der Waals surface area contributed by atoms with Crippen molar-refractivity contribution in [2.75, 3.05) is 5.75 Å². The zero-order chi connectivity index (χ0) is 11.9. The minimum atomic E-state index is -1.06. The molecule has 0 fully saturated rings. The molecule has 1 unspecified atom stereocenters. The van der Waals surface area contributed by atoms with Crippen molar-refractivity contribution in [2.24, 2.45) is 15.2 Å². The van der Waals surface area contributed by atoms with E-state index in [0.29, 0.717) is 5.75 Å².